The first-order valence-corrected chi connectivity index (χ1v) is 6.69. The minimum atomic E-state index is -0.192. The molecule has 0 radical (unpaired) electrons. The first-order chi connectivity index (χ1) is 10.6. The van der Waals surface area contributed by atoms with Crippen LogP contribution < -0.4 is 14.2 Å². The zero-order valence-corrected chi connectivity index (χ0v) is 12.8. The van der Waals surface area contributed by atoms with Gasteiger partial charge < -0.3 is 19.3 Å². The number of methoxy groups -OCH3 is 3. The van der Waals surface area contributed by atoms with Crippen molar-refractivity contribution in [2.24, 2.45) is 0 Å². The van der Waals surface area contributed by atoms with E-state index in [1.807, 2.05) is 0 Å². The predicted molar refractivity (Wildman–Crippen MR) is 81.9 cm³/mol. The summed E-state index contributed by atoms with van der Waals surface area (Å²) in [5.41, 5.74) is 1.51. The lowest BCUT2D eigenvalue weighted by atomic mass is 10.0. The number of carbonyl (C=O) groups excluding carboxylic acids is 1. The molecule has 0 saturated carbocycles. The molecule has 116 valence electrons. The van der Waals surface area contributed by atoms with Gasteiger partial charge in [0.2, 0.25) is 0 Å². The maximum Gasteiger partial charge on any atom is 0.196 e. The highest BCUT2D eigenvalue weighted by Gasteiger charge is 2.17. The number of carbonyl (C=O) groups is 1. The Morgan fingerprint density at radius 1 is 0.955 bits per heavy atom. The predicted octanol–water partition coefficient (Wildman–Crippen LogP) is 2.44. The minimum absolute atomic E-state index is 0.149. The van der Waals surface area contributed by atoms with Gasteiger partial charge in [-0.1, -0.05) is 12.1 Å². The van der Waals surface area contributed by atoms with Crippen molar-refractivity contribution in [1.82, 2.24) is 0 Å². The fraction of sp³-hybridized carbons (Fsp3) is 0.235. The average molecular weight is 302 g/mol. The molecule has 2 rings (SSSR count). The molecule has 1 N–H and O–H groups in total. The van der Waals surface area contributed by atoms with Crippen LogP contribution in [0.25, 0.3) is 0 Å². The van der Waals surface area contributed by atoms with Gasteiger partial charge in [-0.15, -0.1) is 0 Å². The van der Waals surface area contributed by atoms with Crippen LogP contribution in [0.1, 0.15) is 21.5 Å². The van der Waals surface area contributed by atoms with Crippen molar-refractivity contribution in [2.45, 2.75) is 6.61 Å². The number of benzene rings is 2. The Morgan fingerprint density at radius 3 is 2.27 bits per heavy atom. The average Bonchev–Trinajstić information content (AvgIpc) is 2.59. The molecule has 22 heavy (non-hydrogen) atoms. The van der Waals surface area contributed by atoms with E-state index in [1.54, 1.807) is 43.5 Å². The zero-order valence-electron chi connectivity index (χ0n) is 12.8. The van der Waals surface area contributed by atoms with Gasteiger partial charge in [0.1, 0.15) is 17.2 Å². The summed E-state index contributed by atoms with van der Waals surface area (Å²) in [5, 5.41) is 9.24. The second-order valence-corrected chi connectivity index (χ2v) is 4.58. The number of hydrogen-bond donors (Lipinski definition) is 1. The summed E-state index contributed by atoms with van der Waals surface area (Å²) in [5.74, 6) is 1.33. The number of aliphatic hydroxyl groups excluding tert-OH is 1. The van der Waals surface area contributed by atoms with Crippen molar-refractivity contribution in [3.63, 3.8) is 0 Å². The van der Waals surface area contributed by atoms with Gasteiger partial charge in [0.25, 0.3) is 0 Å². The van der Waals surface area contributed by atoms with Crippen LogP contribution in [0.5, 0.6) is 17.2 Å². The van der Waals surface area contributed by atoms with Crippen LogP contribution in [0.3, 0.4) is 0 Å². The summed E-state index contributed by atoms with van der Waals surface area (Å²) < 4.78 is 15.6. The highest BCUT2D eigenvalue weighted by molar-refractivity contribution is 6.11. The monoisotopic (exact) mass is 302 g/mol. The molecule has 0 aliphatic carbocycles. The van der Waals surface area contributed by atoms with Crippen LogP contribution in [0, 0.1) is 0 Å². The van der Waals surface area contributed by atoms with Crippen LogP contribution in [0.15, 0.2) is 36.4 Å². The zero-order chi connectivity index (χ0) is 16.1. The molecule has 0 atom stereocenters. The Hall–Kier alpha value is -2.53. The molecule has 5 nitrogen and oxygen atoms in total. The van der Waals surface area contributed by atoms with Crippen LogP contribution in [-0.4, -0.2) is 32.2 Å². The molecule has 0 spiro atoms. The van der Waals surface area contributed by atoms with Gasteiger partial charge in [0.05, 0.1) is 33.5 Å². The van der Waals surface area contributed by atoms with E-state index < -0.39 is 0 Å². The summed E-state index contributed by atoms with van der Waals surface area (Å²) in [6.07, 6.45) is 0. The summed E-state index contributed by atoms with van der Waals surface area (Å²) >= 11 is 0. The molecule has 0 heterocycles. The summed E-state index contributed by atoms with van der Waals surface area (Å²) in [6, 6.07) is 9.95. The lowest BCUT2D eigenvalue weighted by Gasteiger charge is -2.11. The Labute approximate surface area is 129 Å². The number of aliphatic hydroxyl groups is 1. The van der Waals surface area contributed by atoms with Gasteiger partial charge in [0, 0.05) is 17.2 Å². The van der Waals surface area contributed by atoms with E-state index in [1.165, 1.54) is 14.2 Å². The van der Waals surface area contributed by atoms with E-state index in [-0.39, 0.29) is 12.4 Å². The SMILES string of the molecule is COc1ccc(C(=O)c2ccc(CO)c(OC)c2)c(OC)c1. The Kier molecular flexibility index (Phi) is 5.01. The second-order valence-electron chi connectivity index (χ2n) is 4.58. The van der Waals surface area contributed by atoms with Gasteiger partial charge in [-0.3, -0.25) is 4.79 Å². The highest BCUT2D eigenvalue weighted by Crippen LogP contribution is 2.28. The largest absolute Gasteiger partial charge is 0.497 e. The molecule has 0 aliphatic rings. The third-order valence-corrected chi connectivity index (χ3v) is 3.37. The summed E-state index contributed by atoms with van der Waals surface area (Å²) in [7, 11) is 4.55. The van der Waals surface area contributed by atoms with Crippen molar-refractivity contribution in [3.8, 4) is 17.2 Å². The molecule has 2 aromatic rings. The summed E-state index contributed by atoms with van der Waals surface area (Å²) in [6.45, 7) is -0.149. The Morgan fingerprint density at radius 2 is 1.68 bits per heavy atom. The van der Waals surface area contributed by atoms with E-state index in [9.17, 15) is 9.90 Å². The molecule has 0 unspecified atom stereocenters. The van der Waals surface area contributed by atoms with E-state index >= 15 is 0 Å². The number of hydrogen-bond acceptors (Lipinski definition) is 5. The standard InChI is InChI=1S/C17H18O5/c1-20-13-6-7-14(16(9-13)22-3)17(19)11-4-5-12(10-18)15(8-11)21-2/h4-9,18H,10H2,1-3H3. The van der Waals surface area contributed by atoms with Crippen molar-refractivity contribution >= 4 is 5.78 Å². The van der Waals surface area contributed by atoms with Crippen molar-refractivity contribution < 1.29 is 24.1 Å². The molecule has 0 amide bonds. The molecule has 0 saturated heterocycles. The second kappa shape index (κ2) is 6.95. The van der Waals surface area contributed by atoms with Crippen molar-refractivity contribution in [3.05, 3.63) is 53.1 Å². The first kappa shape index (κ1) is 15.9. The van der Waals surface area contributed by atoms with Crippen LogP contribution in [0.2, 0.25) is 0 Å². The normalized spacial score (nSPS) is 10.2. The topological polar surface area (TPSA) is 65.0 Å². The fourth-order valence-corrected chi connectivity index (χ4v) is 2.16. The molecule has 5 heteroatoms. The van der Waals surface area contributed by atoms with Crippen molar-refractivity contribution in [1.29, 1.82) is 0 Å². The van der Waals surface area contributed by atoms with Gasteiger partial charge in [-0.05, 0) is 18.2 Å². The maximum atomic E-state index is 12.7. The third kappa shape index (κ3) is 3.04. The Bertz CT molecular complexity index is 679. The molecular formula is C17H18O5. The number of ether oxygens (including phenoxy) is 3. The molecule has 2 aromatic carbocycles. The van der Waals surface area contributed by atoms with Gasteiger partial charge in [-0.2, -0.15) is 0 Å². The molecule has 0 fully saturated rings. The lowest BCUT2D eigenvalue weighted by Crippen LogP contribution is -2.05. The molecular weight excluding hydrogens is 284 g/mol. The number of ketones is 1. The van der Waals surface area contributed by atoms with Crippen LogP contribution in [0.4, 0.5) is 0 Å². The van der Waals surface area contributed by atoms with Gasteiger partial charge >= 0.3 is 0 Å². The third-order valence-electron chi connectivity index (χ3n) is 3.37. The highest BCUT2D eigenvalue weighted by atomic mass is 16.5. The van der Waals surface area contributed by atoms with E-state index in [0.29, 0.717) is 33.9 Å². The molecule has 0 bridgehead atoms. The van der Waals surface area contributed by atoms with E-state index in [4.69, 9.17) is 14.2 Å². The lowest BCUT2D eigenvalue weighted by molar-refractivity contribution is 0.103. The quantitative estimate of drug-likeness (QED) is 0.830. The number of rotatable bonds is 6. The fourth-order valence-electron chi connectivity index (χ4n) is 2.16. The first-order valence-electron chi connectivity index (χ1n) is 6.69. The van der Waals surface area contributed by atoms with E-state index in [0.717, 1.165) is 0 Å². The molecule has 0 aromatic heterocycles. The van der Waals surface area contributed by atoms with Gasteiger partial charge in [0.15, 0.2) is 5.78 Å². The minimum Gasteiger partial charge on any atom is -0.497 e. The molecule has 0 aliphatic heterocycles. The smallest absolute Gasteiger partial charge is 0.196 e. The summed E-state index contributed by atoms with van der Waals surface area (Å²) in [4.78, 5) is 12.7. The maximum absolute atomic E-state index is 12.7. The van der Waals surface area contributed by atoms with Crippen molar-refractivity contribution in [2.75, 3.05) is 21.3 Å². The van der Waals surface area contributed by atoms with Crippen LogP contribution >= 0.6 is 0 Å². The Balaban J connectivity index is 2.43. The van der Waals surface area contributed by atoms with Gasteiger partial charge in [-0.25, -0.2) is 0 Å². The van der Waals surface area contributed by atoms with E-state index in [2.05, 4.69) is 0 Å². The van der Waals surface area contributed by atoms with Crippen LogP contribution in [-0.2, 0) is 6.61 Å².